The minimum Gasteiger partial charge on any atom is -0.444 e. The van der Waals surface area contributed by atoms with Crippen molar-refractivity contribution in [3.8, 4) is 0 Å². The molecule has 2 rings (SSSR count). The maximum Gasteiger partial charge on any atom is 0.407 e. The lowest BCUT2D eigenvalue weighted by atomic mass is 10.1. The molecule has 1 aromatic heterocycles. The fourth-order valence-corrected chi connectivity index (χ4v) is 2.29. The third-order valence-electron chi connectivity index (χ3n) is 3.09. The minimum atomic E-state index is -0.478. The van der Waals surface area contributed by atoms with Crippen LogP contribution in [0.3, 0.4) is 0 Å². The Hall–Kier alpha value is -1.56. The van der Waals surface area contributed by atoms with Gasteiger partial charge in [0.15, 0.2) is 0 Å². The van der Waals surface area contributed by atoms with Gasteiger partial charge in [0.2, 0.25) is 0 Å². The van der Waals surface area contributed by atoms with Crippen molar-refractivity contribution in [2.24, 2.45) is 0 Å². The lowest BCUT2D eigenvalue weighted by Gasteiger charge is -2.24. The van der Waals surface area contributed by atoms with E-state index >= 15 is 0 Å². The molecule has 6 nitrogen and oxygen atoms in total. The standard InChI is InChI=1S/C13H22N4O2/c1-8-10(16-7-15-8)11-9(5-6-14-11)17-12(18)19-13(2,3)4/h7,9,11,14H,5-6H2,1-4H3,(H,15,16)(H,17,18)/t9-,11-/m1/s1. The number of nitrogens with zero attached hydrogens (tertiary/aromatic N) is 1. The van der Waals surface area contributed by atoms with Crippen molar-refractivity contribution in [1.82, 2.24) is 20.6 Å². The van der Waals surface area contributed by atoms with Gasteiger partial charge in [-0.2, -0.15) is 0 Å². The molecule has 0 aliphatic carbocycles. The average molecular weight is 266 g/mol. The summed E-state index contributed by atoms with van der Waals surface area (Å²) in [7, 11) is 0. The van der Waals surface area contributed by atoms with Gasteiger partial charge in [0, 0.05) is 5.69 Å². The van der Waals surface area contributed by atoms with Gasteiger partial charge in [-0.3, -0.25) is 0 Å². The van der Waals surface area contributed by atoms with Crippen molar-refractivity contribution in [2.45, 2.75) is 51.8 Å². The number of imidazole rings is 1. The van der Waals surface area contributed by atoms with Crippen LogP contribution < -0.4 is 10.6 Å². The molecule has 1 aliphatic rings. The second-order valence-corrected chi connectivity index (χ2v) is 5.89. The van der Waals surface area contributed by atoms with E-state index in [1.807, 2.05) is 27.7 Å². The van der Waals surface area contributed by atoms with Crippen molar-refractivity contribution < 1.29 is 9.53 Å². The van der Waals surface area contributed by atoms with Gasteiger partial charge < -0.3 is 20.4 Å². The van der Waals surface area contributed by atoms with Crippen LogP contribution in [0.4, 0.5) is 4.79 Å². The van der Waals surface area contributed by atoms with Crippen LogP contribution in [0.5, 0.6) is 0 Å². The summed E-state index contributed by atoms with van der Waals surface area (Å²) in [4.78, 5) is 19.2. The molecule has 0 aromatic carbocycles. The lowest BCUT2D eigenvalue weighted by molar-refractivity contribution is 0.0500. The van der Waals surface area contributed by atoms with E-state index in [1.54, 1.807) is 6.33 Å². The number of aromatic nitrogens is 2. The van der Waals surface area contributed by atoms with Crippen LogP contribution in [0.25, 0.3) is 0 Å². The molecule has 1 amide bonds. The number of hydrogen-bond acceptors (Lipinski definition) is 4. The first-order valence-corrected chi connectivity index (χ1v) is 6.59. The number of nitrogens with one attached hydrogen (secondary N) is 3. The van der Waals surface area contributed by atoms with Gasteiger partial charge in [-0.15, -0.1) is 0 Å². The summed E-state index contributed by atoms with van der Waals surface area (Å²) >= 11 is 0. The zero-order valence-electron chi connectivity index (χ0n) is 11.9. The highest BCUT2D eigenvalue weighted by atomic mass is 16.6. The topological polar surface area (TPSA) is 79.0 Å². The van der Waals surface area contributed by atoms with Crippen molar-refractivity contribution in [2.75, 3.05) is 6.54 Å². The van der Waals surface area contributed by atoms with Gasteiger partial charge in [-0.05, 0) is 40.7 Å². The minimum absolute atomic E-state index is 0.0110. The molecular formula is C13H22N4O2. The molecule has 1 aromatic rings. The van der Waals surface area contributed by atoms with Crippen LogP contribution >= 0.6 is 0 Å². The Kier molecular flexibility index (Phi) is 3.80. The van der Waals surface area contributed by atoms with Crippen LogP contribution in [-0.4, -0.2) is 34.2 Å². The average Bonchev–Trinajstić information content (AvgIpc) is 2.83. The van der Waals surface area contributed by atoms with E-state index in [1.165, 1.54) is 0 Å². The molecule has 0 bridgehead atoms. The van der Waals surface area contributed by atoms with Gasteiger partial charge >= 0.3 is 6.09 Å². The quantitative estimate of drug-likeness (QED) is 0.760. The molecule has 0 spiro atoms. The molecule has 0 radical (unpaired) electrons. The molecule has 1 aliphatic heterocycles. The van der Waals surface area contributed by atoms with Gasteiger partial charge in [0.05, 0.1) is 24.1 Å². The van der Waals surface area contributed by atoms with Crippen LogP contribution in [0.15, 0.2) is 6.33 Å². The highest BCUT2D eigenvalue weighted by Gasteiger charge is 2.33. The van der Waals surface area contributed by atoms with Crippen LogP contribution in [0, 0.1) is 6.92 Å². The first kappa shape index (κ1) is 13.9. The number of aromatic amines is 1. The third kappa shape index (κ3) is 3.47. The normalized spacial score (nSPS) is 23.4. The number of H-pyrrole nitrogens is 1. The van der Waals surface area contributed by atoms with E-state index in [-0.39, 0.29) is 18.2 Å². The zero-order chi connectivity index (χ0) is 14.0. The van der Waals surface area contributed by atoms with E-state index in [0.717, 1.165) is 24.4 Å². The Morgan fingerprint density at radius 3 is 2.84 bits per heavy atom. The largest absolute Gasteiger partial charge is 0.444 e. The first-order chi connectivity index (χ1) is 8.87. The fourth-order valence-electron chi connectivity index (χ4n) is 2.29. The number of hydrogen-bond donors (Lipinski definition) is 3. The number of carbonyl (C=O) groups is 1. The van der Waals surface area contributed by atoms with Gasteiger partial charge in [-0.1, -0.05) is 0 Å². The second kappa shape index (κ2) is 5.21. The predicted octanol–water partition coefficient (Wildman–Crippen LogP) is 1.65. The summed E-state index contributed by atoms with van der Waals surface area (Å²) < 4.78 is 5.29. The summed E-state index contributed by atoms with van der Waals surface area (Å²) in [5, 5.41) is 6.29. The Morgan fingerprint density at radius 1 is 1.53 bits per heavy atom. The summed E-state index contributed by atoms with van der Waals surface area (Å²) in [5.41, 5.74) is 1.50. The maximum absolute atomic E-state index is 11.8. The maximum atomic E-state index is 11.8. The van der Waals surface area contributed by atoms with E-state index < -0.39 is 5.60 Å². The van der Waals surface area contributed by atoms with E-state index in [9.17, 15) is 4.79 Å². The van der Waals surface area contributed by atoms with E-state index in [4.69, 9.17) is 4.74 Å². The number of carbonyl (C=O) groups excluding carboxylic acids is 1. The number of alkyl carbamates (subject to hydrolysis) is 1. The molecule has 1 saturated heterocycles. The zero-order valence-corrected chi connectivity index (χ0v) is 11.9. The molecule has 0 saturated carbocycles. The van der Waals surface area contributed by atoms with Crippen LogP contribution in [-0.2, 0) is 4.74 Å². The first-order valence-electron chi connectivity index (χ1n) is 6.59. The second-order valence-electron chi connectivity index (χ2n) is 5.89. The van der Waals surface area contributed by atoms with E-state index in [2.05, 4.69) is 20.6 Å². The van der Waals surface area contributed by atoms with Crippen molar-refractivity contribution in [3.05, 3.63) is 17.7 Å². The molecule has 2 heterocycles. The summed E-state index contributed by atoms with van der Waals surface area (Å²) in [6.07, 6.45) is 2.17. The van der Waals surface area contributed by atoms with Gasteiger partial charge in [-0.25, -0.2) is 9.78 Å². The molecule has 1 fully saturated rings. The Balaban J connectivity index is 2.00. The molecule has 0 unspecified atom stereocenters. The molecule has 19 heavy (non-hydrogen) atoms. The smallest absolute Gasteiger partial charge is 0.407 e. The highest BCUT2D eigenvalue weighted by Crippen LogP contribution is 2.24. The Bertz CT molecular complexity index is 450. The molecule has 2 atom stereocenters. The van der Waals surface area contributed by atoms with Gasteiger partial charge in [0.25, 0.3) is 0 Å². The number of amides is 1. The SMILES string of the molecule is Cc1[nH]cnc1[C@@H]1NCC[C@H]1NC(=O)OC(C)(C)C. The Labute approximate surface area is 113 Å². The van der Waals surface area contributed by atoms with Crippen LogP contribution in [0.1, 0.15) is 44.6 Å². The molecular weight excluding hydrogens is 244 g/mol. The number of aryl methyl sites for hydroxylation is 1. The van der Waals surface area contributed by atoms with Gasteiger partial charge in [0.1, 0.15) is 5.60 Å². The number of rotatable bonds is 2. The van der Waals surface area contributed by atoms with Crippen LogP contribution in [0.2, 0.25) is 0 Å². The molecule has 3 N–H and O–H groups in total. The monoisotopic (exact) mass is 266 g/mol. The van der Waals surface area contributed by atoms with Crippen molar-refractivity contribution in [1.29, 1.82) is 0 Å². The fraction of sp³-hybridized carbons (Fsp3) is 0.692. The van der Waals surface area contributed by atoms with Crippen molar-refractivity contribution in [3.63, 3.8) is 0 Å². The highest BCUT2D eigenvalue weighted by molar-refractivity contribution is 5.68. The summed E-state index contributed by atoms with van der Waals surface area (Å²) in [6.45, 7) is 8.41. The van der Waals surface area contributed by atoms with Crippen molar-refractivity contribution >= 4 is 6.09 Å². The summed E-state index contributed by atoms with van der Waals surface area (Å²) in [5.74, 6) is 0. The van der Waals surface area contributed by atoms with E-state index in [0.29, 0.717) is 0 Å². The number of ether oxygens (including phenoxy) is 1. The Morgan fingerprint density at radius 2 is 2.26 bits per heavy atom. The third-order valence-corrected chi connectivity index (χ3v) is 3.09. The predicted molar refractivity (Wildman–Crippen MR) is 71.8 cm³/mol. The molecule has 106 valence electrons. The molecule has 6 heteroatoms. The lowest BCUT2D eigenvalue weighted by Crippen LogP contribution is -2.41. The summed E-state index contributed by atoms with van der Waals surface area (Å²) in [6, 6.07) is 0.0515.